The summed E-state index contributed by atoms with van der Waals surface area (Å²) in [6.45, 7) is 2.28. The molecule has 86 valence electrons. The fraction of sp³-hybridized carbons (Fsp3) is 0.273. The monoisotopic (exact) mass is 285 g/mol. The van der Waals surface area contributed by atoms with Crippen LogP contribution in [0.15, 0.2) is 22.7 Å². The first kappa shape index (κ1) is 12.7. The van der Waals surface area contributed by atoms with Gasteiger partial charge in [0.05, 0.1) is 0 Å². The van der Waals surface area contributed by atoms with E-state index in [1.54, 1.807) is 0 Å². The van der Waals surface area contributed by atoms with Crippen molar-refractivity contribution in [2.24, 2.45) is 0 Å². The summed E-state index contributed by atoms with van der Waals surface area (Å²) in [6.07, 6.45) is -0.493. The highest BCUT2D eigenvalue weighted by atomic mass is 79.9. The van der Waals surface area contributed by atoms with Gasteiger partial charge in [0.1, 0.15) is 6.42 Å². The summed E-state index contributed by atoms with van der Waals surface area (Å²) >= 11 is 3.34. The SMILES string of the molecule is Cc1ccc(Br)cc1CNC(=O)CC(=O)O. The van der Waals surface area contributed by atoms with Gasteiger partial charge >= 0.3 is 5.97 Å². The summed E-state index contributed by atoms with van der Waals surface area (Å²) in [5, 5.41) is 11.0. The van der Waals surface area contributed by atoms with Gasteiger partial charge in [-0.3, -0.25) is 9.59 Å². The molecule has 0 aliphatic heterocycles. The summed E-state index contributed by atoms with van der Waals surface area (Å²) in [6, 6.07) is 5.75. The molecule has 0 aromatic heterocycles. The van der Waals surface area contributed by atoms with E-state index < -0.39 is 18.3 Å². The lowest BCUT2D eigenvalue weighted by atomic mass is 10.1. The first-order chi connectivity index (χ1) is 7.49. The van der Waals surface area contributed by atoms with Crippen LogP contribution in [-0.4, -0.2) is 17.0 Å². The van der Waals surface area contributed by atoms with Gasteiger partial charge in [-0.15, -0.1) is 0 Å². The van der Waals surface area contributed by atoms with Crippen molar-refractivity contribution in [3.05, 3.63) is 33.8 Å². The van der Waals surface area contributed by atoms with Gasteiger partial charge in [0, 0.05) is 11.0 Å². The van der Waals surface area contributed by atoms with Crippen molar-refractivity contribution in [1.82, 2.24) is 5.32 Å². The zero-order valence-electron chi connectivity index (χ0n) is 8.79. The van der Waals surface area contributed by atoms with Gasteiger partial charge in [-0.25, -0.2) is 0 Å². The number of hydrogen-bond acceptors (Lipinski definition) is 2. The summed E-state index contributed by atoms with van der Waals surface area (Å²) in [5.41, 5.74) is 2.02. The van der Waals surface area contributed by atoms with Crippen LogP contribution in [0.5, 0.6) is 0 Å². The van der Waals surface area contributed by atoms with Crippen LogP contribution in [0.4, 0.5) is 0 Å². The fourth-order valence-electron chi connectivity index (χ4n) is 1.22. The largest absolute Gasteiger partial charge is 0.481 e. The molecule has 16 heavy (non-hydrogen) atoms. The van der Waals surface area contributed by atoms with E-state index in [1.807, 2.05) is 25.1 Å². The zero-order valence-corrected chi connectivity index (χ0v) is 10.4. The number of rotatable bonds is 4. The number of aryl methyl sites for hydroxylation is 1. The van der Waals surface area contributed by atoms with Gasteiger partial charge in [-0.2, -0.15) is 0 Å². The molecule has 0 saturated heterocycles. The highest BCUT2D eigenvalue weighted by Gasteiger charge is 2.07. The van der Waals surface area contributed by atoms with Crippen molar-refractivity contribution in [2.45, 2.75) is 19.9 Å². The minimum absolute atomic E-state index is 0.345. The average Bonchev–Trinajstić information content (AvgIpc) is 2.18. The number of carboxylic acids is 1. The van der Waals surface area contributed by atoms with E-state index in [9.17, 15) is 9.59 Å². The van der Waals surface area contributed by atoms with E-state index in [0.29, 0.717) is 6.54 Å². The molecule has 4 nitrogen and oxygen atoms in total. The quantitative estimate of drug-likeness (QED) is 0.830. The lowest BCUT2D eigenvalue weighted by Crippen LogP contribution is -2.25. The van der Waals surface area contributed by atoms with Crippen molar-refractivity contribution in [1.29, 1.82) is 0 Å². The number of carbonyl (C=O) groups excluding carboxylic acids is 1. The standard InChI is InChI=1S/C11H12BrNO3/c1-7-2-3-9(12)4-8(7)6-13-10(14)5-11(15)16/h2-4H,5-6H2,1H3,(H,13,14)(H,15,16). The molecule has 5 heteroatoms. The molecule has 1 aromatic carbocycles. The first-order valence-electron chi connectivity index (χ1n) is 4.72. The molecule has 1 amide bonds. The number of nitrogens with one attached hydrogen (secondary N) is 1. The highest BCUT2D eigenvalue weighted by Crippen LogP contribution is 2.15. The summed E-state index contributed by atoms with van der Waals surface area (Å²) in [5.74, 6) is -1.60. The third kappa shape index (κ3) is 4.02. The van der Waals surface area contributed by atoms with Crippen molar-refractivity contribution in [3.63, 3.8) is 0 Å². The predicted molar refractivity (Wildman–Crippen MR) is 63.0 cm³/mol. The lowest BCUT2D eigenvalue weighted by molar-refractivity contribution is -0.140. The first-order valence-corrected chi connectivity index (χ1v) is 5.52. The van der Waals surface area contributed by atoms with Gasteiger partial charge in [-0.1, -0.05) is 22.0 Å². The molecule has 0 aliphatic rings. The van der Waals surface area contributed by atoms with Crippen molar-refractivity contribution in [3.8, 4) is 0 Å². The Morgan fingerprint density at radius 1 is 1.44 bits per heavy atom. The zero-order chi connectivity index (χ0) is 12.1. The Bertz CT molecular complexity index is 418. The van der Waals surface area contributed by atoms with Crippen LogP contribution >= 0.6 is 15.9 Å². The second-order valence-corrected chi connectivity index (χ2v) is 4.33. The number of halogens is 1. The Morgan fingerprint density at radius 3 is 2.75 bits per heavy atom. The van der Waals surface area contributed by atoms with Crippen molar-refractivity contribution in [2.75, 3.05) is 0 Å². The highest BCUT2D eigenvalue weighted by molar-refractivity contribution is 9.10. The van der Waals surface area contributed by atoms with Crippen LogP contribution in [0, 0.1) is 6.92 Å². The summed E-state index contributed by atoms with van der Waals surface area (Å²) < 4.78 is 0.931. The third-order valence-corrected chi connectivity index (χ3v) is 2.59. The molecule has 1 aromatic rings. The molecule has 2 N–H and O–H groups in total. The molecule has 0 fully saturated rings. The number of aliphatic carboxylic acids is 1. The molecule has 0 radical (unpaired) electrons. The second kappa shape index (κ2) is 5.65. The summed E-state index contributed by atoms with van der Waals surface area (Å²) in [7, 11) is 0. The average molecular weight is 286 g/mol. The fourth-order valence-corrected chi connectivity index (χ4v) is 1.63. The maximum atomic E-state index is 11.1. The molecule has 0 atom stereocenters. The lowest BCUT2D eigenvalue weighted by Gasteiger charge is -2.07. The van der Waals surface area contributed by atoms with Crippen molar-refractivity contribution >= 4 is 27.8 Å². The molecule has 0 spiro atoms. The van der Waals surface area contributed by atoms with Crippen LogP contribution in [0.1, 0.15) is 17.5 Å². The van der Waals surface area contributed by atoms with E-state index in [-0.39, 0.29) is 0 Å². The minimum Gasteiger partial charge on any atom is -0.481 e. The van der Waals surface area contributed by atoms with E-state index in [1.165, 1.54) is 0 Å². The van der Waals surface area contributed by atoms with Gasteiger partial charge in [0.2, 0.25) is 5.91 Å². The van der Waals surface area contributed by atoms with Crippen LogP contribution in [0.2, 0.25) is 0 Å². The van der Waals surface area contributed by atoms with Crippen LogP contribution < -0.4 is 5.32 Å². The molecule has 1 rings (SSSR count). The van der Waals surface area contributed by atoms with E-state index >= 15 is 0 Å². The van der Waals surface area contributed by atoms with Crippen LogP contribution in [-0.2, 0) is 16.1 Å². The van der Waals surface area contributed by atoms with Gasteiger partial charge in [0.25, 0.3) is 0 Å². The Hall–Kier alpha value is -1.36. The number of hydrogen-bond donors (Lipinski definition) is 2. The molecular weight excluding hydrogens is 274 g/mol. The Kier molecular flexibility index (Phi) is 4.49. The number of amides is 1. The van der Waals surface area contributed by atoms with Gasteiger partial charge < -0.3 is 10.4 Å². The number of carbonyl (C=O) groups is 2. The Balaban J connectivity index is 2.57. The molecule has 0 saturated carbocycles. The van der Waals surface area contributed by atoms with Crippen LogP contribution in [0.3, 0.4) is 0 Å². The maximum absolute atomic E-state index is 11.1. The second-order valence-electron chi connectivity index (χ2n) is 3.42. The topological polar surface area (TPSA) is 66.4 Å². The number of benzene rings is 1. The van der Waals surface area contributed by atoms with Gasteiger partial charge in [-0.05, 0) is 30.2 Å². The van der Waals surface area contributed by atoms with Crippen molar-refractivity contribution < 1.29 is 14.7 Å². The van der Waals surface area contributed by atoms with E-state index in [2.05, 4.69) is 21.2 Å². The summed E-state index contributed by atoms with van der Waals surface area (Å²) in [4.78, 5) is 21.4. The number of carboxylic acid groups (broad SMARTS) is 1. The Morgan fingerprint density at radius 2 is 2.12 bits per heavy atom. The minimum atomic E-state index is -1.12. The molecule has 0 aliphatic carbocycles. The Labute approximate surface area is 102 Å². The van der Waals surface area contributed by atoms with E-state index in [0.717, 1.165) is 15.6 Å². The normalized spacial score (nSPS) is 9.88. The predicted octanol–water partition coefficient (Wildman–Crippen LogP) is 1.85. The smallest absolute Gasteiger partial charge is 0.312 e. The van der Waals surface area contributed by atoms with E-state index in [4.69, 9.17) is 5.11 Å². The molecular formula is C11H12BrNO3. The molecule has 0 heterocycles. The maximum Gasteiger partial charge on any atom is 0.312 e. The van der Waals surface area contributed by atoms with Gasteiger partial charge in [0.15, 0.2) is 0 Å². The third-order valence-electron chi connectivity index (χ3n) is 2.10. The molecule has 0 bridgehead atoms. The molecule has 0 unspecified atom stereocenters. The van der Waals surface area contributed by atoms with Crippen LogP contribution in [0.25, 0.3) is 0 Å².